The molecular formula is C21H24N6O. The van der Waals surface area contributed by atoms with Crippen LogP contribution in [-0.4, -0.2) is 48.2 Å². The minimum Gasteiger partial charge on any atom is -0.497 e. The first-order valence-electron chi connectivity index (χ1n) is 9.40. The van der Waals surface area contributed by atoms with Crippen LogP contribution in [-0.2, 0) is 6.54 Å². The molecule has 0 atom stereocenters. The van der Waals surface area contributed by atoms with E-state index >= 15 is 0 Å². The van der Waals surface area contributed by atoms with Gasteiger partial charge in [0.05, 0.1) is 7.11 Å². The number of methoxy groups -OCH3 is 1. The number of aromatic nitrogens is 3. The summed E-state index contributed by atoms with van der Waals surface area (Å²) < 4.78 is 5.24. The maximum Gasteiger partial charge on any atom is 0.134 e. The number of hydrogen-bond donors (Lipinski definition) is 1. The first-order valence-corrected chi connectivity index (χ1v) is 9.40. The Morgan fingerprint density at radius 3 is 2.50 bits per heavy atom. The molecule has 7 heteroatoms. The van der Waals surface area contributed by atoms with Crippen molar-refractivity contribution in [3.05, 3.63) is 66.7 Å². The van der Waals surface area contributed by atoms with E-state index in [1.165, 1.54) is 5.69 Å². The van der Waals surface area contributed by atoms with Crippen molar-refractivity contribution in [2.75, 3.05) is 48.4 Å². The van der Waals surface area contributed by atoms with Gasteiger partial charge in [-0.25, -0.2) is 9.97 Å². The summed E-state index contributed by atoms with van der Waals surface area (Å²) in [6.07, 6.45) is 5.25. The highest BCUT2D eigenvalue weighted by Gasteiger charge is 2.18. The van der Waals surface area contributed by atoms with Crippen molar-refractivity contribution < 1.29 is 4.74 Å². The van der Waals surface area contributed by atoms with Crippen LogP contribution < -0.4 is 19.9 Å². The van der Waals surface area contributed by atoms with Crippen molar-refractivity contribution in [2.24, 2.45) is 0 Å². The van der Waals surface area contributed by atoms with E-state index in [9.17, 15) is 0 Å². The van der Waals surface area contributed by atoms with Gasteiger partial charge in [0.25, 0.3) is 0 Å². The van der Waals surface area contributed by atoms with Crippen molar-refractivity contribution >= 4 is 17.3 Å². The summed E-state index contributed by atoms with van der Waals surface area (Å²) in [6.45, 7) is 4.44. The zero-order chi connectivity index (χ0) is 19.2. The molecule has 1 N–H and O–H groups in total. The molecule has 0 radical (unpaired) electrons. The number of rotatable bonds is 6. The van der Waals surface area contributed by atoms with Gasteiger partial charge >= 0.3 is 0 Å². The van der Waals surface area contributed by atoms with Gasteiger partial charge in [-0.05, 0) is 35.9 Å². The fraction of sp³-hybridized carbons (Fsp3) is 0.286. The zero-order valence-electron chi connectivity index (χ0n) is 16.0. The molecule has 0 unspecified atom stereocenters. The second-order valence-electron chi connectivity index (χ2n) is 6.65. The SMILES string of the molecule is COc1ccc(N2CCN(c3cc(NCc4cccnc4)ncn3)CC2)cc1. The average molecular weight is 376 g/mol. The molecular weight excluding hydrogens is 352 g/mol. The number of ether oxygens (including phenoxy) is 1. The summed E-state index contributed by atoms with van der Waals surface area (Å²) in [6, 6.07) is 14.2. The third kappa shape index (κ3) is 4.31. The van der Waals surface area contributed by atoms with Crippen molar-refractivity contribution in [3.63, 3.8) is 0 Å². The number of hydrogen-bond acceptors (Lipinski definition) is 7. The third-order valence-electron chi connectivity index (χ3n) is 4.89. The lowest BCUT2D eigenvalue weighted by Gasteiger charge is -2.36. The second-order valence-corrected chi connectivity index (χ2v) is 6.65. The Bertz CT molecular complexity index is 879. The normalized spacial score (nSPS) is 14.0. The zero-order valence-corrected chi connectivity index (χ0v) is 16.0. The van der Waals surface area contributed by atoms with Gasteiger partial charge in [-0.1, -0.05) is 6.07 Å². The van der Waals surface area contributed by atoms with Crippen LogP contribution in [0.2, 0.25) is 0 Å². The van der Waals surface area contributed by atoms with Crippen LogP contribution >= 0.6 is 0 Å². The number of nitrogens with one attached hydrogen (secondary N) is 1. The summed E-state index contributed by atoms with van der Waals surface area (Å²) >= 11 is 0. The molecule has 4 rings (SSSR count). The molecule has 0 aliphatic carbocycles. The standard InChI is InChI=1S/C21H24N6O/c1-28-19-6-4-18(5-7-19)26-9-11-27(12-10-26)21-13-20(24-16-25-21)23-15-17-3-2-8-22-14-17/h2-8,13-14,16H,9-12,15H2,1H3,(H,23,24,25). The molecule has 1 saturated heterocycles. The van der Waals surface area contributed by atoms with Crippen molar-refractivity contribution in [1.82, 2.24) is 15.0 Å². The molecule has 2 aromatic heterocycles. The van der Waals surface area contributed by atoms with Crippen LogP contribution in [0.4, 0.5) is 17.3 Å². The molecule has 3 aromatic rings. The molecule has 28 heavy (non-hydrogen) atoms. The highest BCUT2D eigenvalue weighted by Crippen LogP contribution is 2.22. The molecule has 3 heterocycles. The van der Waals surface area contributed by atoms with Crippen LogP contribution in [0.5, 0.6) is 5.75 Å². The van der Waals surface area contributed by atoms with Crippen LogP contribution in [0.1, 0.15) is 5.56 Å². The molecule has 0 bridgehead atoms. The highest BCUT2D eigenvalue weighted by atomic mass is 16.5. The summed E-state index contributed by atoms with van der Waals surface area (Å²) in [4.78, 5) is 17.6. The van der Waals surface area contributed by atoms with E-state index in [2.05, 4.69) is 42.2 Å². The molecule has 1 fully saturated rings. The van der Waals surface area contributed by atoms with E-state index in [1.807, 2.05) is 36.5 Å². The number of benzene rings is 1. The van der Waals surface area contributed by atoms with Gasteiger partial charge in [0.2, 0.25) is 0 Å². The Labute approximate surface area is 165 Å². The van der Waals surface area contributed by atoms with E-state index in [1.54, 1.807) is 19.6 Å². The van der Waals surface area contributed by atoms with Crippen LogP contribution in [0.3, 0.4) is 0 Å². The first kappa shape index (κ1) is 18.0. The molecule has 144 valence electrons. The van der Waals surface area contributed by atoms with Crippen LogP contribution in [0.25, 0.3) is 0 Å². The number of nitrogens with zero attached hydrogens (tertiary/aromatic N) is 5. The van der Waals surface area contributed by atoms with Crippen molar-refractivity contribution in [1.29, 1.82) is 0 Å². The predicted molar refractivity (Wildman–Crippen MR) is 111 cm³/mol. The number of anilines is 3. The maximum absolute atomic E-state index is 5.24. The van der Waals surface area contributed by atoms with Crippen LogP contribution in [0.15, 0.2) is 61.2 Å². The first-order chi connectivity index (χ1) is 13.8. The average Bonchev–Trinajstić information content (AvgIpc) is 2.79. The Morgan fingerprint density at radius 1 is 1.00 bits per heavy atom. The van der Waals surface area contributed by atoms with Gasteiger partial charge < -0.3 is 19.9 Å². The van der Waals surface area contributed by atoms with Crippen LogP contribution in [0, 0.1) is 0 Å². The minimum atomic E-state index is 0.690. The fourth-order valence-electron chi connectivity index (χ4n) is 3.30. The third-order valence-corrected chi connectivity index (χ3v) is 4.89. The predicted octanol–water partition coefficient (Wildman–Crippen LogP) is 2.82. The largest absolute Gasteiger partial charge is 0.497 e. The van der Waals surface area contributed by atoms with E-state index in [-0.39, 0.29) is 0 Å². The Kier molecular flexibility index (Phi) is 5.51. The van der Waals surface area contributed by atoms with Gasteiger partial charge in [-0.15, -0.1) is 0 Å². The highest BCUT2D eigenvalue weighted by molar-refractivity contribution is 5.53. The number of pyridine rings is 1. The lowest BCUT2D eigenvalue weighted by atomic mass is 10.2. The Hall–Kier alpha value is -3.35. The second kappa shape index (κ2) is 8.56. The molecule has 0 spiro atoms. The van der Waals surface area contributed by atoms with E-state index in [0.29, 0.717) is 6.54 Å². The topological polar surface area (TPSA) is 66.4 Å². The summed E-state index contributed by atoms with van der Waals surface area (Å²) in [7, 11) is 1.69. The van der Waals surface area contributed by atoms with Gasteiger partial charge in [0.15, 0.2) is 0 Å². The van der Waals surface area contributed by atoms with Gasteiger partial charge in [0.1, 0.15) is 23.7 Å². The molecule has 1 aliphatic heterocycles. The Morgan fingerprint density at radius 2 is 1.79 bits per heavy atom. The van der Waals surface area contributed by atoms with E-state index < -0.39 is 0 Å². The smallest absolute Gasteiger partial charge is 0.134 e. The van der Waals surface area contributed by atoms with Gasteiger partial charge in [-0.3, -0.25) is 4.98 Å². The molecule has 0 saturated carbocycles. The van der Waals surface area contributed by atoms with Crippen molar-refractivity contribution in [2.45, 2.75) is 6.54 Å². The van der Waals surface area contributed by atoms with E-state index in [0.717, 1.165) is 49.1 Å². The minimum absolute atomic E-state index is 0.690. The molecule has 0 amide bonds. The molecule has 1 aliphatic rings. The Balaban J connectivity index is 1.35. The van der Waals surface area contributed by atoms with E-state index in [4.69, 9.17) is 4.74 Å². The summed E-state index contributed by atoms with van der Waals surface area (Å²) in [5, 5.41) is 3.35. The lowest BCUT2D eigenvalue weighted by Crippen LogP contribution is -2.46. The molecule has 7 nitrogen and oxygen atoms in total. The molecule has 1 aromatic carbocycles. The quantitative estimate of drug-likeness (QED) is 0.709. The fourth-order valence-corrected chi connectivity index (χ4v) is 3.30. The number of piperazine rings is 1. The maximum atomic E-state index is 5.24. The summed E-state index contributed by atoms with van der Waals surface area (Å²) in [5.74, 6) is 2.67. The monoisotopic (exact) mass is 376 g/mol. The summed E-state index contributed by atoms with van der Waals surface area (Å²) in [5.41, 5.74) is 2.35. The van der Waals surface area contributed by atoms with Gasteiger partial charge in [0, 0.05) is 56.9 Å². The van der Waals surface area contributed by atoms with Gasteiger partial charge in [-0.2, -0.15) is 0 Å². The van der Waals surface area contributed by atoms with Crippen molar-refractivity contribution in [3.8, 4) is 5.75 Å². The lowest BCUT2D eigenvalue weighted by molar-refractivity contribution is 0.415.